The molecular formula is C12H19BN2O3. The van der Waals surface area contributed by atoms with Crippen LogP contribution in [0, 0.1) is 0 Å². The number of hydrogen-bond donors (Lipinski definition) is 3. The van der Waals surface area contributed by atoms with Crippen molar-refractivity contribution in [1.82, 2.24) is 10.2 Å². The van der Waals surface area contributed by atoms with Gasteiger partial charge in [0.1, 0.15) is 12.0 Å². The van der Waals surface area contributed by atoms with Crippen LogP contribution in [0.4, 0.5) is 0 Å². The van der Waals surface area contributed by atoms with Gasteiger partial charge in [-0.15, -0.1) is 0 Å². The number of ether oxygens (including phenoxy) is 1. The van der Waals surface area contributed by atoms with Crippen LogP contribution in [0.5, 0.6) is 5.75 Å². The standard InChI is InChI=1S/C12H19BN2O3/c1-10(15-8-6-14-7-9-15)18-12-5-3-2-4-11(12)13(16)17/h2-5,10,14,16-17H,6-9H2,1H3. The molecule has 1 saturated heterocycles. The second-order valence-corrected chi connectivity index (χ2v) is 4.41. The van der Waals surface area contributed by atoms with Crippen LogP contribution < -0.4 is 15.5 Å². The Kier molecular flexibility index (Phi) is 4.60. The quantitative estimate of drug-likeness (QED) is 0.598. The number of nitrogens with zero attached hydrogens (tertiary/aromatic N) is 1. The van der Waals surface area contributed by atoms with E-state index in [0.717, 1.165) is 26.2 Å². The Morgan fingerprint density at radius 2 is 1.94 bits per heavy atom. The molecule has 1 aromatic rings. The van der Waals surface area contributed by atoms with Crippen LogP contribution >= 0.6 is 0 Å². The maximum atomic E-state index is 9.28. The maximum Gasteiger partial charge on any atom is 0.492 e. The second-order valence-electron chi connectivity index (χ2n) is 4.41. The Labute approximate surface area is 108 Å². The fraction of sp³-hybridized carbons (Fsp3) is 0.500. The Hall–Kier alpha value is -1.08. The zero-order valence-corrected chi connectivity index (χ0v) is 10.5. The van der Waals surface area contributed by atoms with Crippen molar-refractivity contribution in [3.63, 3.8) is 0 Å². The van der Waals surface area contributed by atoms with E-state index in [1.807, 2.05) is 13.0 Å². The molecule has 0 radical (unpaired) electrons. The average molecular weight is 250 g/mol. The summed E-state index contributed by atoms with van der Waals surface area (Å²) in [5, 5.41) is 21.8. The second kappa shape index (κ2) is 6.20. The molecule has 5 nitrogen and oxygen atoms in total. The first-order chi connectivity index (χ1) is 8.68. The highest BCUT2D eigenvalue weighted by Gasteiger charge is 2.21. The third-order valence-electron chi connectivity index (χ3n) is 3.16. The van der Waals surface area contributed by atoms with E-state index in [2.05, 4.69) is 10.2 Å². The molecule has 0 aliphatic carbocycles. The smallest absolute Gasteiger partial charge is 0.476 e. The fourth-order valence-electron chi connectivity index (χ4n) is 2.11. The van der Waals surface area contributed by atoms with Gasteiger partial charge in [0, 0.05) is 31.6 Å². The first-order valence-corrected chi connectivity index (χ1v) is 6.25. The molecule has 1 atom stereocenters. The van der Waals surface area contributed by atoms with Crippen LogP contribution in [0.1, 0.15) is 6.92 Å². The van der Waals surface area contributed by atoms with E-state index in [9.17, 15) is 10.0 Å². The van der Waals surface area contributed by atoms with E-state index in [1.54, 1.807) is 18.2 Å². The molecule has 98 valence electrons. The summed E-state index contributed by atoms with van der Waals surface area (Å²) in [6, 6.07) is 7.00. The lowest BCUT2D eigenvalue weighted by molar-refractivity contribution is 0.0317. The van der Waals surface area contributed by atoms with Crippen LogP contribution in [0.2, 0.25) is 0 Å². The zero-order valence-electron chi connectivity index (χ0n) is 10.5. The van der Waals surface area contributed by atoms with Crippen LogP contribution in [0.15, 0.2) is 24.3 Å². The van der Waals surface area contributed by atoms with Crippen molar-refractivity contribution in [3.05, 3.63) is 24.3 Å². The molecule has 18 heavy (non-hydrogen) atoms. The Balaban J connectivity index is 2.03. The number of para-hydroxylation sites is 1. The molecule has 2 rings (SSSR count). The SMILES string of the molecule is CC(Oc1ccccc1B(O)O)N1CCNCC1. The molecule has 1 fully saturated rings. The Bertz CT molecular complexity index is 383. The monoisotopic (exact) mass is 250 g/mol. The molecule has 0 amide bonds. The molecule has 1 aliphatic heterocycles. The van der Waals surface area contributed by atoms with Gasteiger partial charge < -0.3 is 20.1 Å². The van der Waals surface area contributed by atoms with E-state index in [4.69, 9.17) is 4.74 Å². The van der Waals surface area contributed by atoms with Crippen LogP contribution in [-0.4, -0.2) is 54.5 Å². The highest BCUT2D eigenvalue weighted by Crippen LogP contribution is 2.12. The third kappa shape index (κ3) is 3.23. The van der Waals surface area contributed by atoms with E-state index < -0.39 is 7.12 Å². The Morgan fingerprint density at radius 1 is 1.28 bits per heavy atom. The van der Waals surface area contributed by atoms with Gasteiger partial charge in [0.05, 0.1) is 0 Å². The number of piperazine rings is 1. The Morgan fingerprint density at radius 3 is 2.61 bits per heavy atom. The molecule has 1 heterocycles. The van der Waals surface area contributed by atoms with Crippen molar-refractivity contribution < 1.29 is 14.8 Å². The summed E-state index contributed by atoms with van der Waals surface area (Å²) in [6.45, 7) is 5.76. The van der Waals surface area contributed by atoms with Gasteiger partial charge in [-0.2, -0.15) is 0 Å². The van der Waals surface area contributed by atoms with Gasteiger partial charge in [-0.1, -0.05) is 18.2 Å². The van der Waals surface area contributed by atoms with Crippen molar-refractivity contribution >= 4 is 12.6 Å². The largest absolute Gasteiger partial charge is 0.492 e. The van der Waals surface area contributed by atoms with E-state index >= 15 is 0 Å². The van der Waals surface area contributed by atoms with Crippen molar-refractivity contribution in [2.24, 2.45) is 0 Å². The van der Waals surface area contributed by atoms with Crippen molar-refractivity contribution in [2.45, 2.75) is 13.2 Å². The average Bonchev–Trinajstić information content (AvgIpc) is 2.40. The fourth-order valence-corrected chi connectivity index (χ4v) is 2.11. The van der Waals surface area contributed by atoms with Crippen molar-refractivity contribution in [1.29, 1.82) is 0 Å². The van der Waals surface area contributed by atoms with E-state index in [1.165, 1.54) is 0 Å². The molecule has 0 saturated carbocycles. The molecular weight excluding hydrogens is 231 g/mol. The van der Waals surface area contributed by atoms with Gasteiger partial charge in [-0.25, -0.2) is 0 Å². The molecule has 1 aromatic carbocycles. The summed E-state index contributed by atoms with van der Waals surface area (Å²) < 4.78 is 5.82. The zero-order chi connectivity index (χ0) is 13.0. The number of hydrogen-bond acceptors (Lipinski definition) is 5. The third-order valence-corrected chi connectivity index (χ3v) is 3.16. The first-order valence-electron chi connectivity index (χ1n) is 6.25. The van der Waals surface area contributed by atoms with Gasteiger partial charge in [-0.05, 0) is 13.0 Å². The predicted molar refractivity (Wildman–Crippen MR) is 70.8 cm³/mol. The molecule has 3 N–H and O–H groups in total. The topological polar surface area (TPSA) is 65.0 Å². The number of rotatable bonds is 4. The van der Waals surface area contributed by atoms with Gasteiger partial charge in [0.25, 0.3) is 0 Å². The van der Waals surface area contributed by atoms with Crippen molar-refractivity contribution in [2.75, 3.05) is 26.2 Å². The summed E-state index contributed by atoms with van der Waals surface area (Å²) in [5.74, 6) is 0.526. The van der Waals surface area contributed by atoms with Crippen LogP contribution in [0.3, 0.4) is 0 Å². The minimum atomic E-state index is -1.50. The van der Waals surface area contributed by atoms with Gasteiger partial charge in [0.15, 0.2) is 0 Å². The first kappa shape index (κ1) is 13.4. The lowest BCUT2D eigenvalue weighted by Gasteiger charge is -2.33. The van der Waals surface area contributed by atoms with E-state index in [-0.39, 0.29) is 6.23 Å². The molecule has 0 bridgehead atoms. The molecule has 0 spiro atoms. The summed E-state index contributed by atoms with van der Waals surface area (Å²) in [6.07, 6.45) is -0.0769. The minimum Gasteiger partial charge on any atom is -0.476 e. The summed E-state index contributed by atoms with van der Waals surface area (Å²) >= 11 is 0. The van der Waals surface area contributed by atoms with Crippen LogP contribution in [-0.2, 0) is 0 Å². The molecule has 6 heteroatoms. The van der Waals surface area contributed by atoms with Gasteiger partial charge in [0.2, 0.25) is 0 Å². The predicted octanol–water partition coefficient (Wildman–Crippen LogP) is -1.00. The molecule has 1 unspecified atom stereocenters. The van der Waals surface area contributed by atoms with Crippen molar-refractivity contribution in [3.8, 4) is 5.75 Å². The van der Waals surface area contributed by atoms with E-state index in [0.29, 0.717) is 11.2 Å². The molecule has 1 aliphatic rings. The highest BCUT2D eigenvalue weighted by molar-refractivity contribution is 6.59. The lowest BCUT2D eigenvalue weighted by Crippen LogP contribution is -2.49. The molecule has 0 aromatic heterocycles. The summed E-state index contributed by atoms with van der Waals surface area (Å²) in [5.41, 5.74) is 0.402. The maximum absolute atomic E-state index is 9.28. The minimum absolute atomic E-state index is 0.0769. The summed E-state index contributed by atoms with van der Waals surface area (Å²) in [7, 11) is -1.50. The number of benzene rings is 1. The van der Waals surface area contributed by atoms with Gasteiger partial charge in [-0.3, -0.25) is 4.90 Å². The number of nitrogens with one attached hydrogen (secondary N) is 1. The highest BCUT2D eigenvalue weighted by atomic mass is 16.5. The lowest BCUT2D eigenvalue weighted by atomic mass is 9.79. The normalized spacial score (nSPS) is 18.4. The van der Waals surface area contributed by atoms with Gasteiger partial charge >= 0.3 is 7.12 Å². The summed E-state index contributed by atoms with van der Waals surface area (Å²) in [4.78, 5) is 2.22. The van der Waals surface area contributed by atoms with Crippen LogP contribution in [0.25, 0.3) is 0 Å².